The molecule has 1 aliphatic heterocycles. The van der Waals surface area contributed by atoms with Gasteiger partial charge in [0.1, 0.15) is 0 Å². The maximum absolute atomic E-state index is 5.60. The summed E-state index contributed by atoms with van der Waals surface area (Å²) in [5.41, 5.74) is 0. The van der Waals surface area contributed by atoms with Crippen molar-refractivity contribution in [1.29, 1.82) is 0 Å². The molecule has 1 aliphatic rings. The summed E-state index contributed by atoms with van der Waals surface area (Å²) in [6.45, 7) is 2.14. The van der Waals surface area contributed by atoms with Crippen molar-refractivity contribution < 1.29 is 0 Å². The molecule has 1 nitrogen and oxygen atoms in total. The zero-order valence-electron chi connectivity index (χ0n) is 4.22. The molecule has 0 aliphatic carbocycles. The minimum Gasteiger partial charge on any atom is -0.303 e. The molecule has 7 heavy (non-hydrogen) atoms. The number of nitrogens with zero attached hydrogens (tertiary/aromatic N) is 1. The average molecular weight is 142 g/mol. The lowest BCUT2D eigenvalue weighted by molar-refractivity contribution is 0.235. The van der Waals surface area contributed by atoms with Gasteiger partial charge in [-0.25, -0.2) is 0 Å². The number of rotatable bonds is 0. The lowest BCUT2D eigenvalue weighted by Gasteiger charge is -2.31. The van der Waals surface area contributed by atoms with Crippen molar-refractivity contribution in [2.75, 3.05) is 20.1 Å². The molecule has 0 amide bonds. The van der Waals surface area contributed by atoms with E-state index in [1.807, 2.05) is 0 Å². The minimum absolute atomic E-state index is 0. The molecule has 0 atom stereocenters. The third-order valence-corrected chi connectivity index (χ3v) is 1.30. The fourth-order valence-electron chi connectivity index (χ4n) is 0.623. The number of hydrogen-bond donors (Lipinski definition) is 0. The molecule has 44 valence electrons. The Morgan fingerprint density at radius 2 is 2.00 bits per heavy atom. The third kappa shape index (κ3) is 1.85. The van der Waals surface area contributed by atoms with Gasteiger partial charge in [-0.2, -0.15) is 0 Å². The Morgan fingerprint density at radius 1 is 1.57 bits per heavy atom. The van der Waals surface area contributed by atoms with E-state index >= 15 is 0 Å². The molecule has 0 aromatic heterocycles. The van der Waals surface area contributed by atoms with E-state index in [1.165, 1.54) is 0 Å². The van der Waals surface area contributed by atoms with E-state index in [-0.39, 0.29) is 12.4 Å². The summed E-state index contributed by atoms with van der Waals surface area (Å²) in [6, 6.07) is 0. The van der Waals surface area contributed by atoms with Crippen LogP contribution >= 0.6 is 24.0 Å². The van der Waals surface area contributed by atoms with E-state index in [1.54, 1.807) is 0 Å². The maximum atomic E-state index is 5.60. The Balaban J connectivity index is 0.000000360. The van der Waals surface area contributed by atoms with Crippen LogP contribution in [0, 0.1) is 0 Å². The van der Waals surface area contributed by atoms with Crippen LogP contribution in [0.2, 0.25) is 0 Å². The van der Waals surface area contributed by atoms with Gasteiger partial charge in [-0.05, 0) is 7.05 Å². The second-order valence-corrected chi connectivity index (χ2v) is 2.44. The topological polar surface area (TPSA) is 3.24 Å². The van der Waals surface area contributed by atoms with Crippen LogP contribution in [0.1, 0.15) is 0 Å². The number of alkyl halides is 1. The molecule has 0 aromatic rings. The molecular weight excluding hydrogens is 133 g/mol. The van der Waals surface area contributed by atoms with E-state index in [4.69, 9.17) is 11.6 Å². The molecule has 0 radical (unpaired) electrons. The SMILES string of the molecule is CN1CC(Cl)C1.Cl. The molecule has 0 N–H and O–H groups in total. The van der Waals surface area contributed by atoms with E-state index < -0.39 is 0 Å². The quantitative estimate of drug-likeness (QED) is 0.455. The van der Waals surface area contributed by atoms with Crippen molar-refractivity contribution in [1.82, 2.24) is 4.90 Å². The highest BCUT2D eigenvalue weighted by Crippen LogP contribution is 2.09. The van der Waals surface area contributed by atoms with Gasteiger partial charge in [0.2, 0.25) is 0 Å². The zero-order chi connectivity index (χ0) is 4.57. The summed E-state index contributed by atoms with van der Waals surface area (Å²) in [5, 5.41) is 0.440. The van der Waals surface area contributed by atoms with Gasteiger partial charge in [0, 0.05) is 13.1 Å². The summed E-state index contributed by atoms with van der Waals surface area (Å²) < 4.78 is 0. The molecule has 0 bridgehead atoms. The molecule has 3 heteroatoms. The van der Waals surface area contributed by atoms with Crippen molar-refractivity contribution >= 4 is 24.0 Å². The Bertz CT molecular complexity index is 45.7. The highest BCUT2D eigenvalue weighted by molar-refractivity contribution is 6.21. The van der Waals surface area contributed by atoms with Gasteiger partial charge in [0.05, 0.1) is 5.38 Å². The lowest BCUT2D eigenvalue weighted by atomic mass is 10.2. The first kappa shape index (κ1) is 7.54. The summed E-state index contributed by atoms with van der Waals surface area (Å²) in [5.74, 6) is 0. The normalized spacial score (nSPS) is 23.1. The van der Waals surface area contributed by atoms with Gasteiger partial charge in [0.25, 0.3) is 0 Å². The lowest BCUT2D eigenvalue weighted by Crippen LogP contribution is -2.44. The first-order valence-electron chi connectivity index (χ1n) is 2.11. The van der Waals surface area contributed by atoms with Crippen LogP contribution in [0.3, 0.4) is 0 Å². The smallest absolute Gasteiger partial charge is 0.0589 e. The van der Waals surface area contributed by atoms with Crippen LogP contribution in [0.15, 0.2) is 0 Å². The largest absolute Gasteiger partial charge is 0.303 e. The number of likely N-dealkylation sites (tertiary alicyclic amines) is 1. The Labute approximate surface area is 55.0 Å². The van der Waals surface area contributed by atoms with Crippen molar-refractivity contribution in [2.24, 2.45) is 0 Å². The Morgan fingerprint density at radius 3 is 2.00 bits per heavy atom. The highest BCUT2D eigenvalue weighted by Gasteiger charge is 2.19. The van der Waals surface area contributed by atoms with Crippen LogP contribution in [-0.4, -0.2) is 30.4 Å². The Kier molecular flexibility index (Phi) is 2.96. The van der Waals surface area contributed by atoms with E-state index in [2.05, 4.69) is 11.9 Å². The molecule has 1 fully saturated rings. The van der Waals surface area contributed by atoms with Crippen LogP contribution in [0.4, 0.5) is 0 Å². The van der Waals surface area contributed by atoms with Crippen molar-refractivity contribution in [2.45, 2.75) is 5.38 Å². The zero-order valence-corrected chi connectivity index (χ0v) is 5.80. The first-order chi connectivity index (χ1) is 2.79. The van der Waals surface area contributed by atoms with Gasteiger partial charge in [0.15, 0.2) is 0 Å². The standard InChI is InChI=1S/C4H8ClN.ClH/c1-6-2-4(5)3-6;/h4H,2-3H2,1H3;1H. The van der Waals surface area contributed by atoms with Gasteiger partial charge >= 0.3 is 0 Å². The molecular formula is C4H9Cl2N. The highest BCUT2D eigenvalue weighted by atomic mass is 35.5. The molecule has 0 aromatic carbocycles. The van der Waals surface area contributed by atoms with Crippen LogP contribution in [0.25, 0.3) is 0 Å². The predicted octanol–water partition coefficient (Wildman–Crippen LogP) is 0.961. The second kappa shape index (κ2) is 2.75. The molecule has 1 rings (SSSR count). The molecule has 0 saturated carbocycles. The van der Waals surface area contributed by atoms with Crippen LogP contribution < -0.4 is 0 Å². The van der Waals surface area contributed by atoms with Gasteiger partial charge in [-0.3, -0.25) is 0 Å². The van der Waals surface area contributed by atoms with E-state index in [0.717, 1.165) is 13.1 Å². The molecule has 1 saturated heterocycles. The number of halogens is 2. The van der Waals surface area contributed by atoms with Gasteiger partial charge < -0.3 is 4.90 Å². The summed E-state index contributed by atoms with van der Waals surface area (Å²) in [7, 11) is 2.07. The molecule has 1 heterocycles. The van der Waals surface area contributed by atoms with E-state index in [9.17, 15) is 0 Å². The Hall–Kier alpha value is 0.540. The summed E-state index contributed by atoms with van der Waals surface area (Å²) in [6.07, 6.45) is 0. The van der Waals surface area contributed by atoms with Crippen LogP contribution in [0.5, 0.6) is 0 Å². The van der Waals surface area contributed by atoms with E-state index in [0.29, 0.717) is 5.38 Å². The predicted molar refractivity (Wildman–Crippen MR) is 34.4 cm³/mol. The van der Waals surface area contributed by atoms with Gasteiger partial charge in [-0.15, -0.1) is 24.0 Å². The number of hydrogen-bond acceptors (Lipinski definition) is 1. The summed E-state index contributed by atoms with van der Waals surface area (Å²) in [4.78, 5) is 2.19. The minimum atomic E-state index is 0. The molecule has 0 unspecified atom stereocenters. The maximum Gasteiger partial charge on any atom is 0.0589 e. The fourth-order valence-corrected chi connectivity index (χ4v) is 1.09. The van der Waals surface area contributed by atoms with Crippen molar-refractivity contribution in [3.63, 3.8) is 0 Å². The monoisotopic (exact) mass is 141 g/mol. The second-order valence-electron chi connectivity index (χ2n) is 1.82. The molecule has 0 spiro atoms. The van der Waals surface area contributed by atoms with Gasteiger partial charge in [-0.1, -0.05) is 0 Å². The summed E-state index contributed by atoms with van der Waals surface area (Å²) >= 11 is 5.60. The van der Waals surface area contributed by atoms with Crippen molar-refractivity contribution in [3.8, 4) is 0 Å². The van der Waals surface area contributed by atoms with Crippen molar-refractivity contribution in [3.05, 3.63) is 0 Å². The van der Waals surface area contributed by atoms with Crippen LogP contribution in [-0.2, 0) is 0 Å². The fraction of sp³-hybridized carbons (Fsp3) is 1.00. The third-order valence-electron chi connectivity index (χ3n) is 1.02. The average Bonchev–Trinajstić information content (AvgIpc) is 1.33. The first-order valence-corrected chi connectivity index (χ1v) is 2.55.